The molecule has 0 aliphatic rings. The van der Waals surface area contributed by atoms with Crippen LogP contribution in [0.25, 0.3) is 0 Å². The van der Waals surface area contributed by atoms with E-state index in [0.717, 1.165) is 96.3 Å². The van der Waals surface area contributed by atoms with Gasteiger partial charge in [-0.3, -0.25) is 0 Å². The predicted octanol–water partition coefficient (Wildman–Crippen LogP) is 9.88. The molecule has 0 spiro atoms. The van der Waals surface area contributed by atoms with Crippen LogP contribution in [0.3, 0.4) is 0 Å². The Labute approximate surface area is 207 Å². The molecule has 0 saturated carbocycles. The van der Waals surface area contributed by atoms with Gasteiger partial charge in [0.2, 0.25) is 0 Å². The average Bonchev–Trinajstić information content (AvgIpc) is 2.74. The number of rotatable bonds is 23. The van der Waals surface area contributed by atoms with Crippen molar-refractivity contribution in [3.63, 3.8) is 0 Å². The minimum absolute atomic E-state index is 0.597. The van der Waals surface area contributed by atoms with Crippen molar-refractivity contribution in [1.29, 1.82) is 0 Å². The maximum absolute atomic E-state index is 13.3. The molecule has 33 heavy (non-hydrogen) atoms. The quantitative estimate of drug-likeness (QED) is 0.0660. The second-order valence-electron chi connectivity index (χ2n) is 9.72. The Bertz CT molecular complexity index is 513. The zero-order valence-corrected chi connectivity index (χ0v) is 25.3. The van der Waals surface area contributed by atoms with Crippen molar-refractivity contribution in [2.75, 3.05) is 0 Å². The molecular weight excluding hydrogens is 556 g/mol. The van der Waals surface area contributed by atoms with E-state index in [9.17, 15) is 21.6 Å². The van der Waals surface area contributed by atoms with E-state index in [2.05, 4.69) is 20.8 Å². The number of halogens is 3. The first-order valence-electron chi connectivity index (χ1n) is 13.7. The zero-order chi connectivity index (χ0) is 25.1. The van der Waals surface area contributed by atoms with Gasteiger partial charge in [0, 0.05) is 0 Å². The third kappa shape index (κ3) is 16.7. The van der Waals surface area contributed by atoms with Gasteiger partial charge in [-0.15, -0.1) is 0 Å². The molecule has 0 amide bonds. The molecule has 0 aliphatic heterocycles. The molecule has 0 aromatic rings. The van der Waals surface area contributed by atoms with Crippen LogP contribution in [0.4, 0.5) is 13.2 Å². The third-order valence-corrected chi connectivity index (χ3v) is 23.4. The van der Waals surface area contributed by atoms with Crippen LogP contribution >= 0.6 is 0 Å². The molecule has 0 N–H and O–H groups in total. The molecule has 0 bridgehead atoms. The third-order valence-electron chi connectivity index (χ3n) is 6.53. The van der Waals surface area contributed by atoms with E-state index >= 15 is 0 Å². The van der Waals surface area contributed by atoms with Gasteiger partial charge >= 0.3 is 208 Å². The summed E-state index contributed by atoms with van der Waals surface area (Å²) in [5.74, 6) is 0. The van der Waals surface area contributed by atoms with Crippen LogP contribution in [-0.4, -0.2) is 32.7 Å². The fourth-order valence-corrected chi connectivity index (χ4v) is 22.0. The van der Waals surface area contributed by atoms with Crippen LogP contribution in [0.2, 0.25) is 13.3 Å². The van der Waals surface area contributed by atoms with Gasteiger partial charge < -0.3 is 0 Å². The van der Waals surface area contributed by atoms with Gasteiger partial charge in [-0.25, -0.2) is 0 Å². The molecule has 0 aromatic carbocycles. The van der Waals surface area contributed by atoms with Gasteiger partial charge in [0.1, 0.15) is 0 Å². The summed E-state index contributed by atoms with van der Waals surface area (Å²) in [6.07, 6.45) is 18.8. The van der Waals surface area contributed by atoms with Gasteiger partial charge in [0.15, 0.2) is 0 Å². The van der Waals surface area contributed by atoms with Crippen LogP contribution in [0, 0.1) is 0 Å². The van der Waals surface area contributed by atoms with Crippen LogP contribution < -0.4 is 0 Å². The van der Waals surface area contributed by atoms with E-state index in [1.807, 2.05) is 0 Å². The van der Waals surface area contributed by atoms with E-state index in [4.69, 9.17) is 2.52 Å². The van der Waals surface area contributed by atoms with E-state index in [1.54, 1.807) is 0 Å². The molecule has 200 valence electrons. The minimum atomic E-state index is -5.52. The summed E-state index contributed by atoms with van der Waals surface area (Å²) in [6.45, 7) is 6.45. The van der Waals surface area contributed by atoms with Crippen molar-refractivity contribution in [2.24, 2.45) is 0 Å². The molecule has 0 fully saturated rings. The summed E-state index contributed by atoms with van der Waals surface area (Å²) in [5, 5.41) is 0. The van der Waals surface area contributed by atoms with Crippen LogP contribution in [-0.2, 0) is 12.6 Å². The van der Waals surface area contributed by atoms with Crippen molar-refractivity contribution in [3.05, 3.63) is 0 Å². The Kier molecular flexibility index (Phi) is 20.0. The molecule has 0 unspecified atom stereocenters. The Morgan fingerprint density at radius 1 is 0.545 bits per heavy atom. The molecule has 0 heterocycles. The molecule has 0 aliphatic carbocycles. The van der Waals surface area contributed by atoms with Crippen molar-refractivity contribution in [2.45, 2.75) is 155 Å². The summed E-state index contributed by atoms with van der Waals surface area (Å²) in [6, 6.07) is 0. The first kappa shape index (κ1) is 33.5. The van der Waals surface area contributed by atoms with Gasteiger partial charge in [-0.1, -0.05) is 0 Å². The fourth-order valence-electron chi connectivity index (χ4n) is 4.46. The van der Waals surface area contributed by atoms with Gasteiger partial charge in [0.05, 0.1) is 0 Å². The molecule has 0 saturated heterocycles. The second-order valence-corrected chi connectivity index (χ2v) is 23.7. The SMILES string of the molecule is CCCCCCC[CH2][Sn]([CH2]CCCCCCC)([CH2]CCCCCCC)[O]S(=O)(=O)C(F)(F)F. The molecule has 0 aromatic heterocycles. The van der Waals surface area contributed by atoms with Gasteiger partial charge in [-0.05, 0) is 0 Å². The summed E-state index contributed by atoms with van der Waals surface area (Å²) in [5.41, 5.74) is -5.32. The van der Waals surface area contributed by atoms with Crippen molar-refractivity contribution in [3.8, 4) is 0 Å². The fraction of sp³-hybridized carbons (Fsp3) is 1.00. The molecule has 0 atom stereocenters. The predicted molar refractivity (Wildman–Crippen MR) is 136 cm³/mol. The van der Waals surface area contributed by atoms with E-state index in [0.29, 0.717) is 13.3 Å². The van der Waals surface area contributed by atoms with Crippen LogP contribution in [0.15, 0.2) is 0 Å². The maximum atomic E-state index is 13.3. The summed E-state index contributed by atoms with van der Waals surface area (Å²) < 4.78 is 71.1. The Morgan fingerprint density at radius 3 is 1.09 bits per heavy atom. The Morgan fingerprint density at radius 2 is 0.818 bits per heavy atom. The number of hydrogen-bond acceptors (Lipinski definition) is 3. The second kappa shape index (κ2) is 19.7. The summed E-state index contributed by atoms with van der Waals surface area (Å²) in [7, 11) is -5.52. The van der Waals surface area contributed by atoms with E-state index < -0.39 is 34.4 Å². The van der Waals surface area contributed by atoms with Crippen LogP contribution in [0.5, 0.6) is 0 Å². The first-order chi connectivity index (χ1) is 15.6. The van der Waals surface area contributed by atoms with Crippen molar-refractivity contribution < 1.29 is 24.1 Å². The van der Waals surface area contributed by atoms with E-state index in [1.165, 1.54) is 19.3 Å². The molecule has 8 heteroatoms. The topological polar surface area (TPSA) is 43.4 Å². The molecule has 3 nitrogen and oxygen atoms in total. The summed E-state index contributed by atoms with van der Waals surface area (Å²) in [4.78, 5) is 0. The number of unbranched alkanes of at least 4 members (excludes halogenated alkanes) is 15. The Balaban J connectivity index is 5.24. The number of alkyl halides is 3. The standard InChI is InChI=1S/3C8H17.CHF3O3S.Sn/c3*1-3-5-7-8-6-4-2;2-1(3,4)8(5,6)7;/h3*1,3-8H2,2H3;(H,5,6,7);/q;;;;+1/p-1. The van der Waals surface area contributed by atoms with E-state index in [-0.39, 0.29) is 0 Å². The van der Waals surface area contributed by atoms with Crippen LogP contribution in [0.1, 0.15) is 136 Å². The zero-order valence-electron chi connectivity index (χ0n) is 21.6. The molecule has 0 radical (unpaired) electrons. The van der Waals surface area contributed by atoms with Gasteiger partial charge in [0.25, 0.3) is 0 Å². The Hall–Kier alpha value is 0.499. The first-order valence-corrected chi connectivity index (χ1v) is 22.3. The number of hydrogen-bond donors (Lipinski definition) is 0. The summed E-state index contributed by atoms with van der Waals surface area (Å²) >= 11 is -3.99. The normalized spacial score (nSPS) is 13.0. The van der Waals surface area contributed by atoms with Gasteiger partial charge in [-0.2, -0.15) is 0 Å². The van der Waals surface area contributed by atoms with Crippen molar-refractivity contribution in [1.82, 2.24) is 0 Å². The molecule has 0 rings (SSSR count). The monoisotopic (exact) mass is 608 g/mol. The average molecular weight is 607 g/mol. The molecular formula is C25H51F3O3SSn. The van der Waals surface area contributed by atoms with Crippen molar-refractivity contribution >= 4 is 28.9 Å².